The van der Waals surface area contributed by atoms with Crippen LogP contribution >= 0.6 is 15.9 Å². The monoisotopic (exact) mass is 522 g/mol. The maximum absolute atomic E-state index is 9.90. The molecule has 7 nitrogen and oxygen atoms in total. The molecular weight excluding hydrogens is 492 g/mol. The molecule has 0 amide bonds. The third-order valence-electron chi connectivity index (χ3n) is 6.63. The van der Waals surface area contributed by atoms with E-state index in [0.29, 0.717) is 5.95 Å². The standard InChI is InChI=1S/C26H31BrN6O/c27-19-4-6-21(7-5-19)31-26-29-16-23(25(32-26)30-20-8-10-22(34)11-9-20)24-12-3-18(15-28-24)17-33-13-1-2-14-33/h3-7,12,15-16,20,22,34H,1-2,8-11,13-14,17H2,(H2,29,30,31,32). The van der Waals surface area contributed by atoms with Crippen molar-refractivity contribution in [2.45, 2.75) is 57.2 Å². The van der Waals surface area contributed by atoms with Crippen LogP contribution in [-0.4, -0.2) is 50.2 Å². The van der Waals surface area contributed by atoms with Crippen LogP contribution in [0.2, 0.25) is 0 Å². The van der Waals surface area contributed by atoms with E-state index in [-0.39, 0.29) is 12.1 Å². The number of anilines is 3. The molecule has 1 aromatic carbocycles. The van der Waals surface area contributed by atoms with Crippen molar-refractivity contribution >= 4 is 33.4 Å². The molecule has 1 saturated carbocycles. The Morgan fingerprint density at radius 3 is 2.41 bits per heavy atom. The lowest BCUT2D eigenvalue weighted by molar-refractivity contribution is 0.126. The molecule has 2 aromatic heterocycles. The number of likely N-dealkylation sites (tertiary alicyclic amines) is 1. The Morgan fingerprint density at radius 1 is 0.941 bits per heavy atom. The molecule has 178 valence electrons. The van der Waals surface area contributed by atoms with Crippen LogP contribution < -0.4 is 10.6 Å². The summed E-state index contributed by atoms with van der Waals surface area (Å²) in [7, 11) is 0. The summed E-state index contributed by atoms with van der Waals surface area (Å²) in [4.78, 5) is 16.7. The molecule has 3 N–H and O–H groups in total. The molecule has 0 spiro atoms. The first-order valence-electron chi connectivity index (χ1n) is 12.1. The molecule has 34 heavy (non-hydrogen) atoms. The molecule has 3 heterocycles. The molecular formula is C26H31BrN6O. The summed E-state index contributed by atoms with van der Waals surface area (Å²) >= 11 is 3.47. The van der Waals surface area contributed by atoms with Gasteiger partial charge in [-0.25, -0.2) is 4.98 Å². The second kappa shape index (κ2) is 10.8. The maximum atomic E-state index is 9.90. The Labute approximate surface area is 209 Å². The minimum absolute atomic E-state index is 0.192. The molecule has 1 aliphatic carbocycles. The van der Waals surface area contributed by atoms with E-state index in [2.05, 4.69) is 48.6 Å². The predicted molar refractivity (Wildman–Crippen MR) is 139 cm³/mol. The highest BCUT2D eigenvalue weighted by atomic mass is 79.9. The number of nitrogens with one attached hydrogen (secondary N) is 2. The van der Waals surface area contributed by atoms with E-state index < -0.39 is 0 Å². The summed E-state index contributed by atoms with van der Waals surface area (Å²) in [6.07, 6.45) is 9.66. The lowest BCUT2D eigenvalue weighted by atomic mass is 9.93. The number of nitrogens with zero attached hydrogens (tertiary/aromatic N) is 4. The summed E-state index contributed by atoms with van der Waals surface area (Å²) < 4.78 is 1.02. The first-order chi connectivity index (χ1) is 16.6. The Bertz CT molecular complexity index is 1080. The van der Waals surface area contributed by atoms with Crippen molar-refractivity contribution in [3.8, 4) is 11.3 Å². The van der Waals surface area contributed by atoms with Gasteiger partial charge in [0.25, 0.3) is 0 Å². The summed E-state index contributed by atoms with van der Waals surface area (Å²) in [6.45, 7) is 3.30. The summed E-state index contributed by atoms with van der Waals surface area (Å²) in [6, 6.07) is 12.4. The minimum atomic E-state index is -0.192. The first-order valence-corrected chi connectivity index (χ1v) is 12.9. The molecule has 8 heteroatoms. The van der Waals surface area contributed by atoms with E-state index in [0.717, 1.165) is 59.5 Å². The van der Waals surface area contributed by atoms with Crippen molar-refractivity contribution in [2.75, 3.05) is 23.7 Å². The molecule has 0 unspecified atom stereocenters. The number of hydrogen-bond donors (Lipinski definition) is 3. The maximum Gasteiger partial charge on any atom is 0.229 e. The molecule has 2 aliphatic rings. The van der Waals surface area contributed by atoms with Gasteiger partial charge in [0.1, 0.15) is 5.82 Å². The number of hydrogen-bond acceptors (Lipinski definition) is 7. The van der Waals surface area contributed by atoms with Gasteiger partial charge in [0, 0.05) is 35.1 Å². The van der Waals surface area contributed by atoms with E-state index in [4.69, 9.17) is 9.97 Å². The highest BCUT2D eigenvalue weighted by Gasteiger charge is 2.22. The fourth-order valence-corrected chi connectivity index (χ4v) is 4.96. The van der Waals surface area contributed by atoms with Crippen LogP contribution in [0.3, 0.4) is 0 Å². The van der Waals surface area contributed by atoms with Gasteiger partial charge in [0.15, 0.2) is 0 Å². The topological polar surface area (TPSA) is 86.2 Å². The van der Waals surface area contributed by atoms with E-state index in [1.165, 1.54) is 31.5 Å². The Hall–Kier alpha value is -2.55. The third-order valence-corrected chi connectivity index (χ3v) is 7.16. The largest absolute Gasteiger partial charge is 0.393 e. The summed E-state index contributed by atoms with van der Waals surface area (Å²) in [5.74, 6) is 1.31. The van der Waals surface area contributed by atoms with Crippen molar-refractivity contribution in [1.82, 2.24) is 19.9 Å². The van der Waals surface area contributed by atoms with Gasteiger partial charge in [0.2, 0.25) is 5.95 Å². The SMILES string of the molecule is OC1CCC(Nc2nc(Nc3ccc(Br)cc3)ncc2-c2ccc(CN3CCCC3)cn2)CC1. The zero-order chi connectivity index (χ0) is 23.3. The fourth-order valence-electron chi connectivity index (χ4n) is 4.69. The number of halogens is 1. The van der Waals surface area contributed by atoms with Crippen molar-refractivity contribution in [2.24, 2.45) is 0 Å². The van der Waals surface area contributed by atoms with E-state index in [9.17, 15) is 5.11 Å². The van der Waals surface area contributed by atoms with Crippen LogP contribution in [-0.2, 0) is 6.54 Å². The second-order valence-corrected chi connectivity index (χ2v) is 10.2. The molecule has 3 aromatic rings. The zero-order valence-corrected chi connectivity index (χ0v) is 20.8. The number of pyridine rings is 1. The highest BCUT2D eigenvalue weighted by molar-refractivity contribution is 9.10. The molecule has 5 rings (SSSR count). The molecule has 1 saturated heterocycles. The first kappa shape index (κ1) is 23.2. The smallest absolute Gasteiger partial charge is 0.229 e. The van der Waals surface area contributed by atoms with Gasteiger partial charge in [0.05, 0.1) is 17.4 Å². The Balaban J connectivity index is 1.38. The van der Waals surface area contributed by atoms with E-state index in [1.54, 1.807) is 0 Å². The molecule has 1 aliphatic heterocycles. The van der Waals surface area contributed by atoms with Crippen molar-refractivity contribution in [3.63, 3.8) is 0 Å². The van der Waals surface area contributed by atoms with Gasteiger partial charge in [-0.15, -0.1) is 0 Å². The summed E-state index contributed by atoms with van der Waals surface area (Å²) in [5.41, 5.74) is 3.90. The molecule has 2 fully saturated rings. The molecule has 0 bridgehead atoms. The predicted octanol–water partition coefficient (Wildman–Crippen LogP) is 5.36. The van der Waals surface area contributed by atoms with Crippen LogP contribution in [0.4, 0.5) is 17.5 Å². The highest BCUT2D eigenvalue weighted by Crippen LogP contribution is 2.30. The van der Waals surface area contributed by atoms with Crippen molar-refractivity contribution < 1.29 is 5.11 Å². The van der Waals surface area contributed by atoms with Crippen LogP contribution in [0, 0.1) is 0 Å². The van der Waals surface area contributed by atoms with Gasteiger partial charge in [-0.3, -0.25) is 9.88 Å². The van der Waals surface area contributed by atoms with Gasteiger partial charge in [-0.1, -0.05) is 22.0 Å². The average molecular weight is 523 g/mol. The van der Waals surface area contributed by atoms with Crippen LogP contribution in [0.1, 0.15) is 44.1 Å². The van der Waals surface area contributed by atoms with Crippen LogP contribution in [0.25, 0.3) is 11.3 Å². The number of benzene rings is 1. The lowest BCUT2D eigenvalue weighted by Crippen LogP contribution is -2.29. The Morgan fingerprint density at radius 2 is 1.71 bits per heavy atom. The number of aromatic nitrogens is 3. The average Bonchev–Trinajstić information content (AvgIpc) is 3.36. The minimum Gasteiger partial charge on any atom is -0.393 e. The Kier molecular flexibility index (Phi) is 7.37. The fraction of sp³-hybridized carbons (Fsp3) is 0.423. The quantitative estimate of drug-likeness (QED) is 0.385. The van der Waals surface area contributed by atoms with Gasteiger partial charge < -0.3 is 15.7 Å². The molecule has 0 atom stereocenters. The zero-order valence-electron chi connectivity index (χ0n) is 19.3. The second-order valence-electron chi connectivity index (χ2n) is 9.27. The van der Waals surface area contributed by atoms with E-state index >= 15 is 0 Å². The third kappa shape index (κ3) is 5.92. The normalized spacial score (nSPS) is 20.9. The van der Waals surface area contributed by atoms with Gasteiger partial charge in [-0.2, -0.15) is 4.98 Å². The number of aliphatic hydroxyl groups excluding tert-OH is 1. The van der Waals surface area contributed by atoms with Crippen molar-refractivity contribution in [1.29, 1.82) is 0 Å². The molecule has 0 radical (unpaired) electrons. The lowest BCUT2D eigenvalue weighted by Gasteiger charge is -2.27. The van der Waals surface area contributed by atoms with Crippen LogP contribution in [0.5, 0.6) is 0 Å². The van der Waals surface area contributed by atoms with E-state index in [1.807, 2.05) is 36.7 Å². The number of aliphatic hydroxyl groups is 1. The van der Waals surface area contributed by atoms with Gasteiger partial charge >= 0.3 is 0 Å². The summed E-state index contributed by atoms with van der Waals surface area (Å²) in [5, 5.41) is 16.8. The van der Waals surface area contributed by atoms with Crippen LogP contribution in [0.15, 0.2) is 53.3 Å². The number of rotatable bonds is 7. The van der Waals surface area contributed by atoms with Crippen molar-refractivity contribution in [3.05, 3.63) is 58.8 Å². The van der Waals surface area contributed by atoms with Gasteiger partial charge in [-0.05, 0) is 87.5 Å².